The van der Waals surface area contributed by atoms with Gasteiger partial charge in [0, 0.05) is 20.2 Å². The SMILES string of the molecule is COC(=O)C1CCC(N(C(C)C)S(=O)(=O)c2cccc(C(=O)OCC[Si](C)(C)C)c2)CC1. The van der Waals surface area contributed by atoms with E-state index in [1.54, 1.807) is 12.1 Å². The highest BCUT2D eigenvalue weighted by molar-refractivity contribution is 7.89. The Morgan fingerprint density at radius 3 is 2.28 bits per heavy atom. The van der Waals surface area contributed by atoms with Crippen LogP contribution < -0.4 is 0 Å². The van der Waals surface area contributed by atoms with Crippen molar-refractivity contribution in [1.82, 2.24) is 4.31 Å². The first-order valence-corrected chi connectivity index (χ1v) is 16.4. The van der Waals surface area contributed by atoms with E-state index in [1.807, 2.05) is 13.8 Å². The van der Waals surface area contributed by atoms with Crippen molar-refractivity contribution in [1.29, 1.82) is 0 Å². The van der Waals surface area contributed by atoms with Gasteiger partial charge in [0.05, 0.1) is 30.1 Å². The summed E-state index contributed by atoms with van der Waals surface area (Å²) in [4.78, 5) is 24.4. The Balaban J connectivity index is 2.18. The number of rotatable bonds is 9. The van der Waals surface area contributed by atoms with Gasteiger partial charge < -0.3 is 9.47 Å². The summed E-state index contributed by atoms with van der Waals surface area (Å²) in [6.45, 7) is 10.6. The summed E-state index contributed by atoms with van der Waals surface area (Å²) in [6.07, 6.45) is 2.38. The molecule has 1 saturated carbocycles. The normalized spacial score (nSPS) is 19.8. The van der Waals surface area contributed by atoms with E-state index in [0.717, 1.165) is 6.04 Å². The molecule has 2 rings (SSSR count). The van der Waals surface area contributed by atoms with Gasteiger partial charge in [-0.2, -0.15) is 4.31 Å². The number of esters is 2. The molecule has 0 heterocycles. The average molecular weight is 484 g/mol. The van der Waals surface area contributed by atoms with Crippen molar-refractivity contribution in [3.05, 3.63) is 29.8 Å². The van der Waals surface area contributed by atoms with Crippen LogP contribution in [0.25, 0.3) is 0 Å². The minimum Gasteiger partial charge on any atom is -0.469 e. The molecule has 0 atom stereocenters. The molecule has 0 aromatic heterocycles. The Hall–Kier alpha value is -1.71. The molecule has 0 saturated heterocycles. The van der Waals surface area contributed by atoms with Crippen LogP contribution >= 0.6 is 0 Å². The third kappa shape index (κ3) is 6.89. The molecule has 1 aromatic carbocycles. The van der Waals surface area contributed by atoms with Crippen LogP contribution in [0, 0.1) is 5.92 Å². The quantitative estimate of drug-likeness (QED) is 0.384. The summed E-state index contributed by atoms with van der Waals surface area (Å²) in [6, 6.07) is 6.48. The molecule has 0 N–H and O–H groups in total. The largest absolute Gasteiger partial charge is 0.469 e. The minimum atomic E-state index is -3.83. The van der Waals surface area contributed by atoms with Crippen molar-refractivity contribution in [3.8, 4) is 0 Å². The Morgan fingerprint density at radius 2 is 1.75 bits per heavy atom. The fourth-order valence-electron chi connectivity index (χ4n) is 4.07. The number of nitrogens with zero attached hydrogens (tertiary/aromatic N) is 1. The first-order valence-electron chi connectivity index (χ1n) is 11.3. The zero-order chi connectivity index (χ0) is 24.1. The predicted molar refractivity (Wildman–Crippen MR) is 127 cm³/mol. The summed E-state index contributed by atoms with van der Waals surface area (Å²) in [5.74, 6) is -0.917. The minimum absolute atomic E-state index is 0.0842. The predicted octanol–water partition coefficient (Wildman–Crippen LogP) is 4.31. The van der Waals surface area contributed by atoms with E-state index in [2.05, 4.69) is 19.6 Å². The van der Waals surface area contributed by atoms with Crippen molar-refractivity contribution in [2.75, 3.05) is 13.7 Å². The molecular formula is C23H37NO6SSi. The first kappa shape index (κ1) is 26.5. The molecule has 32 heavy (non-hydrogen) atoms. The van der Waals surface area contributed by atoms with Crippen LogP contribution in [-0.2, 0) is 24.3 Å². The molecule has 180 valence electrons. The van der Waals surface area contributed by atoms with Gasteiger partial charge in [0.25, 0.3) is 0 Å². The summed E-state index contributed by atoms with van der Waals surface area (Å²) >= 11 is 0. The van der Waals surface area contributed by atoms with E-state index in [-0.39, 0.29) is 34.4 Å². The van der Waals surface area contributed by atoms with E-state index >= 15 is 0 Å². The number of methoxy groups -OCH3 is 1. The van der Waals surface area contributed by atoms with Crippen LogP contribution in [0.1, 0.15) is 49.9 Å². The summed E-state index contributed by atoms with van der Waals surface area (Å²) < 4.78 is 38.9. The van der Waals surface area contributed by atoms with Gasteiger partial charge in [-0.3, -0.25) is 4.79 Å². The number of hydrogen-bond donors (Lipinski definition) is 0. The molecule has 1 aliphatic carbocycles. The van der Waals surface area contributed by atoms with Crippen LogP contribution in [0.3, 0.4) is 0 Å². The maximum atomic E-state index is 13.6. The third-order valence-corrected chi connectivity index (χ3v) is 9.66. The molecule has 0 aliphatic heterocycles. The van der Waals surface area contributed by atoms with Crippen molar-refractivity contribution in [3.63, 3.8) is 0 Å². The van der Waals surface area contributed by atoms with Crippen molar-refractivity contribution in [2.45, 2.75) is 82.2 Å². The zero-order valence-electron chi connectivity index (χ0n) is 20.1. The average Bonchev–Trinajstić information content (AvgIpc) is 2.72. The lowest BCUT2D eigenvalue weighted by Gasteiger charge is -2.37. The van der Waals surface area contributed by atoms with Crippen LogP contribution in [0.5, 0.6) is 0 Å². The highest BCUT2D eigenvalue weighted by atomic mass is 32.2. The molecule has 0 bridgehead atoms. The van der Waals surface area contributed by atoms with Gasteiger partial charge >= 0.3 is 11.9 Å². The number of carbonyl (C=O) groups is 2. The number of hydrogen-bond acceptors (Lipinski definition) is 6. The highest BCUT2D eigenvalue weighted by Gasteiger charge is 2.37. The molecule has 1 aliphatic rings. The monoisotopic (exact) mass is 483 g/mol. The Bertz CT molecular complexity index is 901. The van der Waals surface area contributed by atoms with Gasteiger partial charge in [0.1, 0.15) is 0 Å². The fourth-order valence-corrected chi connectivity index (χ4v) is 6.71. The van der Waals surface area contributed by atoms with Crippen LogP contribution in [0.15, 0.2) is 29.2 Å². The topological polar surface area (TPSA) is 90.0 Å². The van der Waals surface area contributed by atoms with E-state index < -0.39 is 24.1 Å². The maximum absolute atomic E-state index is 13.6. The third-order valence-electron chi connectivity index (χ3n) is 5.83. The van der Waals surface area contributed by atoms with Crippen molar-refractivity contribution in [2.24, 2.45) is 5.92 Å². The number of benzene rings is 1. The first-order chi connectivity index (χ1) is 14.9. The number of ether oxygens (including phenoxy) is 2. The van der Waals surface area contributed by atoms with Gasteiger partial charge in [-0.05, 0) is 63.8 Å². The highest BCUT2D eigenvalue weighted by Crippen LogP contribution is 2.33. The maximum Gasteiger partial charge on any atom is 0.338 e. The Labute approximate surface area is 193 Å². The van der Waals surface area contributed by atoms with E-state index in [9.17, 15) is 18.0 Å². The Morgan fingerprint density at radius 1 is 1.12 bits per heavy atom. The van der Waals surface area contributed by atoms with Crippen molar-refractivity contribution >= 4 is 30.0 Å². The van der Waals surface area contributed by atoms with Gasteiger partial charge in [0.15, 0.2) is 0 Å². The molecule has 1 aromatic rings. The molecular weight excluding hydrogens is 446 g/mol. The lowest BCUT2D eigenvalue weighted by atomic mass is 9.86. The van der Waals surface area contributed by atoms with Crippen LogP contribution in [0.4, 0.5) is 0 Å². The van der Waals surface area contributed by atoms with Gasteiger partial charge in [-0.1, -0.05) is 25.7 Å². The van der Waals surface area contributed by atoms with E-state index in [4.69, 9.17) is 9.47 Å². The van der Waals surface area contributed by atoms with Crippen LogP contribution in [-0.4, -0.2) is 58.5 Å². The fraction of sp³-hybridized carbons (Fsp3) is 0.652. The van der Waals surface area contributed by atoms with Gasteiger partial charge in [-0.15, -0.1) is 0 Å². The molecule has 1 fully saturated rings. The van der Waals surface area contributed by atoms with Crippen molar-refractivity contribution < 1.29 is 27.5 Å². The standard InChI is InChI=1S/C23H37NO6SSi/c1-17(2)24(20-12-10-18(11-13-20)22(25)29-3)31(27,28)21-9-7-8-19(16-21)23(26)30-14-15-32(4,5)6/h7-9,16-18,20H,10-15H2,1-6H3. The second-order valence-corrected chi connectivity index (χ2v) is 17.4. The zero-order valence-corrected chi connectivity index (χ0v) is 21.9. The summed E-state index contributed by atoms with van der Waals surface area (Å²) in [5.41, 5.74) is 0.236. The lowest BCUT2D eigenvalue weighted by Crippen LogP contribution is -2.46. The van der Waals surface area contributed by atoms with Gasteiger partial charge in [-0.25, -0.2) is 13.2 Å². The van der Waals surface area contributed by atoms with Crippen LogP contribution in [0.2, 0.25) is 25.7 Å². The van der Waals surface area contributed by atoms with E-state index in [0.29, 0.717) is 32.3 Å². The molecule has 0 amide bonds. The number of sulfonamides is 1. The van der Waals surface area contributed by atoms with Gasteiger partial charge in [0.2, 0.25) is 10.0 Å². The molecule has 7 nitrogen and oxygen atoms in total. The molecule has 9 heteroatoms. The second-order valence-electron chi connectivity index (χ2n) is 9.93. The molecule has 0 unspecified atom stereocenters. The molecule has 0 spiro atoms. The summed E-state index contributed by atoms with van der Waals surface area (Å²) in [7, 11) is -3.79. The summed E-state index contributed by atoms with van der Waals surface area (Å²) in [5, 5.41) is 0. The number of carbonyl (C=O) groups excluding carboxylic acids is 2. The molecule has 0 radical (unpaired) electrons. The van der Waals surface area contributed by atoms with E-state index in [1.165, 1.54) is 23.5 Å². The Kier molecular flexibility index (Phi) is 9.07. The second kappa shape index (κ2) is 10.9. The smallest absolute Gasteiger partial charge is 0.338 e. The lowest BCUT2D eigenvalue weighted by molar-refractivity contribution is -0.146.